The highest BCUT2D eigenvalue weighted by Gasteiger charge is 2.25. The van der Waals surface area contributed by atoms with Gasteiger partial charge < -0.3 is 13.9 Å². The molecule has 0 saturated heterocycles. The monoisotopic (exact) mass is 380 g/mol. The fourth-order valence-electron chi connectivity index (χ4n) is 2.37. The Balaban J connectivity index is 2.22. The number of hydrogen-bond acceptors (Lipinski definition) is 6. The first kappa shape index (κ1) is 17.3. The van der Waals surface area contributed by atoms with Crippen molar-refractivity contribution in [2.75, 3.05) is 14.2 Å². The van der Waals surface area contributed by atoms with Gasteiger partial charge in [-0.2, -0.15) is 0 Å². The van der Waals surface area contributed by atoms with Crippen LogP contribution in [0.3, 0.4) is 0 Å². The standard InChI is InChI=1S/C17H13ClO6S/c1-22-14-6-4-12(9-15(14)23-2)25(20,21)16-8-10-7-11(18)3-5-13(10)24-17(16)19/h3-9H,1-2H3. The van der Waals surface area contributed by atoms with Gasteiger partial charge in [-0.1, -0.05) is 11.6 Å². The zero-order valence-corrected chi connectivity index (χ0v) is 14.8. The van der Waals surface area contributed by atoms with Gasteiger partial charge in [0.15, 0.2) is 16.4 Å². The largest absolute Gasteiger partial charge is 0.493 e. The molecule has 3 aromatic rings. The summed E-state index contributed by atoms with van der Waals surface area (Å²) in [5.41, 5.74) is -0.703. The van der Waals surface area contributed by atoms with E-state index in [4.69, 9.17) is 25.5 Å². The molecule has 0 aliphatic rings. The SMILES string of the molecule is COc1ccc(S(=O)(=O)c2cc3cc(Cl)ccc3oc2=O)cc1OC. The number of sulfone groups is 1. The summed E-state index contributed by atoms with van der Waals surface area (Å²) in [7, 11) is -1.29. The summed E-state index contributed by atoms with van der Waals surface area (Å²) in [6, 6.07) is 9.90. The van der Waals surface area contributed by atoms with Crippen LogP contribution >= 0.6 is 11.6 Å². The van der Waals surface area contributed by atoms with E-state index in [-0.39, 0.29) is 16.2 Å². The van der Waals surface area contributed by atoms with Crippen molar-refractivity contribution in [3.63, 3.8) is 0 Å². The zero-order valence-electron chi connectivity index (χ0n) is 13.3. The van der Waals surface area contributed by atoms with E-state index in [0.717, 1.165) is 0 Å². The minimum atomic E-state index is -4.12. The van der Waals surface area contributed by atoms with Crippen LogP contribution in [0, 0.1) is 0 Å². The third-order valence-corrected chi connectivity index (χ3v) is 5.59. The topological polar surface area (TPSA) is 82.8 Å². The van der Waals surface area contributed by atoms with E-state index in [1.54, 1.807) is 6.07 Å². The quantitative estimate of drug-likeness (QED) is 0.646. The van der Waals surface area contributed by atoms with E-state index < -0.39 is 20.4 Å². The van der Waals surface area contributed by atoms with Gasteiger partial charge in [-0.15, -0.1) is 0 Å². The third kappa shape index (κ3) is 3.08. The third-order valence-electron chi connectivity index (χ3n) is 3.62. The highest BCUT2D eigenvalue weighted by Crippen LogP contribution is 2.32. The molecule has 1 heterocycles. The summed E-state index contributed by atoms with van der Waals surface area (Å²) < 4.78 is 41.0. The van der Waals surface area contributed by atoms with Gasteiger partial charge in [0.05, 0.1) is 19.1 Å². The molecule has 0 fully saturated rings. The summed E-state index contributed by atoms with van der Waals surface area (Å²) in [4.78, 5) is 11.6. The number of benzene rings is 2. The van der Waals surface area contributed by atoms with Crippen molar-refractivity contribution in [2.24, 2.45) is 0 Å². The average Bonchev–Trinajstić information content (AvgIpc) is 2.60. The predicted molar refractivity (Wildman–Crippen MR) is 92.5 cm³/mol. The number of halogens is 1. The maximum atomic E-state index is 12.9. The Kier molecular flexibility index (Phi) is 4.45. The Labute approximate surface area is 148 Å². The molecule has 0 saturated carbocycles. The van der Waals surface area contributed by atoms with Gasteiger partial charge in [-0.25, -0.2) is 13.2 Å². The summed E-state index contributed by atoms with van der Waals surface area (Å²) in [6.45, 7) is 0. The van der Waals surface area contributed by atoms with Crippen LogP contribution in [-0.4, -0.2) is 22.6 Å². The van der Waals surface area contributed by atoms with Crippen molar-refractivity contribution in [2.45, 2.75) is 9.79 Å². The maximum Gasteiger partial charge on any atom is 0.355 e. The van der Waals surface area contributed by atoms with Crippen LogP contribution in [0.2, 0.25) is 5.02 Å². The Hall–Kier alpha value is -2.51. The van der Waals surface area contributed by atoms with Crippen LogP contribution < -0.4 is 15.1 Å². The van der Waals surface area contributed by atoms with Crippen LogP contribution in [0.5, 0.6) is 11.5 Å². The molecule has 0 aliphatic carbocycles. The number of hydrogen-bond donors (Lipinski definition) is 0. The van der Waals surface area contributed by atoms with Crippen molar-refractivity contribution in [3.05, 3.63) is 57.9 Å². The Morgan fingerprint density at radius 3 is 2.36 bits per heavy atom. The second-order valence-corrected chi connectivity index (χ2v) is 7.46. The van der Waals surface area contributed by atoms with Gasteiger partial charge in [-0.3, -0.25) is 0 Å². The fourth-order valence-corrected chi connectivity index (χ4v) is 3.86. The predicted octanol–water partition coefficient (Wildman–Crippen LogP) is 3.30. The van der Waals surface area contributed by atoms with Gasteiger partial charge in [-0.05, 0) is 36.4 Å². The summed E-state index contributed by atoms with van der Waals surface area (Å²) in [6.07, 6.45) is 0. The molecular weight excluding hydrogens is 368 g/mol. The van der Waals surface area contributed by atoms with E-state index in [9.17, 15) is 13.2 Å². The van der Waals surface area contributed by atoms with Crippen LogP contribution in [0.4, 0.5) is 0 Å². The van der Waals surface area contributed by atoms with Crippen molar-refractivity contribution < 1.29 is 22.3 Å². The molecule has 0 unspecified atom stereocenters. The van der Waals surface area contributed by atoms with Crippen LogP contribution in [-0.2, 0) is 9.84 Å². The van der Waals surface area contributed by atoms with Crippen LogP contribution in [0.25, 0.3) is 11.0 Å². The van der Waals surface area contributed by atoms with E-state index in [2.05, 4.69) is 0 Å². The van der Waals surface area contributed by atoms with E-state index in [0.29, 0.717) is 16.2 Å². The van der Waals surface area contributed by atoms with Crippen LogP contribution in [0.15, 0.2) is 61.5 Å². The normalized spacial score (nSPS) is 11.5. The molecule has 130 valence electrons. The molecule has 25 heavy (non-hydrogen) atoms. The van der Waals surface area contributed by atoms with Crippen molar-refractivity contribution in [1.29, 1.82) is 0 Å². The Morgan fingerprint density at radius 1 is 0.960 bits per heavy atom. The molecule has 0 radical (unpaired) electrons. The molecule has 1 aromatic heterocycles. The van der Waals surface area contributed by atoms with Gasteiger partial charge in [0.2, 0.25) is 9.84 Å². The van der Waals surface area contributed by atoms with E-state index in [1.807, 2.05) is 0 Å². The number of fused-ring (bicyclic) bond motifs is 1. The minimum absolute atomic E-state index is 0.112. The molecular formula is C17H13ClO6S. The zero-order chi connectivity index (χ0) is 18.2. The van der Waals surface area contributed by atoms with Gasteiger partial charge >= 0.3 is 5.63 Å². The molecule has 0 aliphatic heterocycles. The van der Waals surface area contributed by atoms with Gasteiger partial charge in [0, 0.05) is 16.5 Å². The molecule has 2 aromatic carbocycles. The van der Waals surface area contributed by atoms with E-state index in [1.165, 1.54) is 50.6 Å². The Morgan fingerprint density at radius 2 is 1.68 bits per heavy atom. The second-order valence-electron chi connectivity index (χ2n) is 5.10. The molecule has 0 N–H and O–H groups in total. The second kappa shape index (κ2) is 6.42. The van der Waals surface area contributed by atoms with Crippen LogP contribution in [0.1, 0.15) is 0 Å². The van der Waals surface area contributed by atoms with Gasteiger partial charge in [0.25, 0.3) is 0 Å². The minimum Gasteiger partial charge on any atom is -0.493 e. The average molecular weight is 381 g/mol. The summed E-state index contributed by atoms with van der Waals surface area (Å²) in [5, 5.41) is 0.807. The molecule has 0 amide bonds. The number of ether oxygens (including phenoxy) is 2. The maximum absolute atomic E-state index is 12.9. The first-order chi connectivity index (χ1) is 11.9. The highest BCUT2D eigenvalue weighted by atomic mass is 35.5. The molecule has 8 heteroatoms. The molecule has 6 nitrogen and oxygen atoms in total. The first-order valence-corrected chi connectivity index (χ1v) is 8.93. The van der Waals surface area contributed by atoms with Gasteiger partial charge in [0.1, 0.15) is 5.58 Å². The lowest BCUT2D eigenvalue weighted by atomic mass is 10.2. The first-order valence-electron chi connectivity index (χ1n) is 7.07. The molecule has 0 spiro atoms. The fraction of sp³-hybridized carbons (Fsp3) is 0.118. The molecule has 0 atom stereocenters. The number of rotatable bonds is 4. The number of methoxy groups -OCH3 is 2. The van der Waals surface area contributed by atoms with Crippen molar-refractivity contribution in [1.82, 2.24) is 0 Å². The summed E-state index contributed by atoms with van der Waals surface area (Å²) >= 11 is 5.92. The molecule has 0 bridgehead atoms. The Bertz CT molecular complexity index is 1120. The van der Waals surface area contributed by atoms with E-state index >= 15 is 0 Å². The smallest absolute Gasteiger partial charge is 0.355 e. The highest BCUT2D eigenvalue weighted by molar-refractivity contribution is 7.91. The lowest BCUT2D eigenvalue weighted by molar-refractivity contribution is 0.354. The lowest BCUT2D eigenvalue weighted by Gasteiger charge is -2.10. The van der Waals surface area contributed by atoms with Crippen molar-refractivity contribution in [3.8, 4) is 11.5 Å². The lowest BCUT2D eigenvalue weighted by Crippen LogP contribution is -2.14. The molecule has 3 rings (SSSR count). The van der Waals surface area contributed by atoms with Crippen molar-refractivity contribution >= 4 is 32.4 Å². The summed E-state index contributed by atoms with van der Waals surface area (Å²) in [5.74, 6) is 0.607.